The van der Waals surface area contributed by atoms with Crippen molar-refractivity contribution >= 4 is 29.2 Å². The first-order chi connectivity index (χ1) is 6.09. The fourth-order valence-electron chi connectivity index (χ4n) is 0.681. The van der Waals surface area contributed by atoms with Crippen molar-refractivity contribution in [3.63, 3.8) is 0 Å². The average Bonchev–Trinajstić information content (AvgIpc) is 2.08. The van der Waals surface area contributed by atoms with Crippen LogP contribution in [0.4, 0.5) is 0 Å². The van der Waals surface area contributed by atoms with Crippen molar-refractivity contribution in [3.05, 3.63) is 29.3 Å². The molecule has 1 aromatic rings. The van der Waals surface area contributed by atoms with E-state index in [0.29, 0.717) is 10.8 Å². The summed E-state index contributed by atoms with van der Waals surface area (Å²) in [5.74, 6) is -1.15. The van der Waals surface area contributed by atoms with Crippen molar-refractivity contribution < 1.29 is 66.0 Å². The SMILES string of the molecule is O=C([O-])C(Cl)Oc1ccc(Cl)cc1.[K+]. The van der Waals surface area contributed by atoms with Gasteiger partial charge in [-0.05, 0) is 24.3 Å². The van der Waals surface area contributed by atoms with Gasteiger partial charge >= 0.3 is 51.4 Å². The van der Waals surface area contributed by atoms with Gasteiger partial charge in [-0.25, -0.2) is 0 Å². The van der Waals surface area contributed by atoms with Gasteiger partial charge in [0.2, 0.25) is 5.56 Å². The van der Waals surface area contributed by atoms with Crippen LogP contribution in [0.2, 0.25) is 5.02 Å². The van der Waals surface area contributed by atoms with E-state index in [1.807, 2.05) is 0 Å². The van der Waals surface area contributed by atoms with Crippen molar-refractivity contribution in [2.75, 3.05) is 0 Å². The molecular weight excluding hydrogens is 254 g/mol. The number of ether oxygens (including phenoxy) is 1. The van der Waals surface area contributed by atoms with Gasteiger partial charge in [0.05, 0.1) is 5.97 Å². The van der Waals surface area contributed by atoms with E-state index in [1.54, 1.807) is 12.1 Å². The number of carboxylic acid groups (broad SMARTS) is 1. The Labute approximate surface area is 134 Å². The molecule has 1 atom stereocenters. The summed E-state index contributed by atoms with van der Waals surface area (Å²) >= 11 is 10.9. The maximum atomic E-state index is 10.2. The van der Waals surface area contributed by atoms with Crippen LogP contribution in [-0.4, -0.2) is 11.5 Å². The molecule has 0 fully saturated rings. The minimum Gasteiger partial charge on any atom is -0.545 e. The zero-order chi connectivity index (χ0) is 9.84. The number of aliphatic carboxylic acids is 1. The molecule has 0 amide bonds. The summed E-state index contributed by atoms with van der Waals surface area (Å²) in [7, 11) is 0. The number of halogens is 2. The predicted octanol–water partition coefficient (Wildman–Crippen LogP) is -1.96. The van der Waals surface area contributed by atoms with Crippen molar-refractivity contribution in [2.24, 2.45) is 0 Å². The van der Waals surface area contributed by atoms with Crippen LogP contribution < -0.4 is 61.2 Å². The third-order valence-electron chi connectivity index (χ3n) is 1.24. The molecule has 0 N–H and O–H groups in total. The van der Waals surface area contributed by atoms with Gasteiger partial charge in [0.1, 0.15) is 5.75 Å². The van der Waals surface area contributed by atoms with E-state index in [1.165, 1.54) is 12.1 Å². The van der Waals surface area contributed by atoms with Crippen LogP contribution in [-0.2, 0) is 4.79 Å². The molecule has 3 nitrogen and oxygen atoms in total. The molecular formula is C8H5Cl2KO3. The molecule has 0 aliphatic rings. The second kappa shape index (κ2) is 7.06. The van der Waals surface area contributed by atoms with E-state index in [4.69, 9.17) is 27.9 Å². The number of hydrogen-bond donors (Lipinski definition) is 0. The number of carbonyl (C=O) groups excluding carboxylic acids is 1. The topological polar surface area (TPSA) is 49.4 Å². The standard InChI is InChI=1S/C8H6Cl2O3.K/c9-5-1-3-6(4-2-5)13-7(10)8(11)12;/h1-4,7H,(H,11,12);/q;+1/p-1. The molecule has 0 radical (unpaired) electrons. The third kappa shape index (κ3) is 4.98. The fourth-order valence-corrected chi connectivity index (χ4v) is 0.910. The smallest absolute Gasteiger partial charge is 0.545 e. The summed E-state index contributed by atoms with van der Waals surface area (Å²) < 4.78 is 4.78. The first-order valence-corrected chi connectivity index (χ1v) is 4.18. The van der Waals surface area contributed by atoms with Gasteiger partial charge in [-0.1, -0.05) is 23.2 Å². The van der Waals surface area contributed by atoms with Crippen molar-refractivity contribution in [1.82, 2.24) is 0 Å². The van der Waals surface area contributed by atoms with Gasteiger partial charge in [0.15, 0.2) is 0 Å². The van der Waals surface area contributed by atoms with Crippen LogP contribution in [0, 0.1) is 0 Å². The molecule has 0 saturated carbocycles. The molecule has 0 bridgehead atoms. The number of rotatable bonds is 3. The fraction of sp³-hybridized carbons (Fsp3) is 0.125. The van der Waals surface area contributed by atoms with Gasteiger partial charge in [0.25, 0.3) is 0 Å². The van der Waals surface area contributed by atoms with Crippen LogP contribution in [0.1, 0.15) is 0 Å². The van der Waals surface area contributed by atoms with E-state index in [0.717, 1.165) is 0 Å². The van der Waals surface area contributed by atoms with Crippen molar-refractivity contribution in [2.45, 2.75) is 5.56 Å². The molecule has 1 aromatic carbocycles. The van der Waals surface area contributed by atoms with Crippen molar-refractivity contribution in [1.29, 1.82) is 0 Å². The van der Waals surface area contributed by atoms with E-state index >= 15 is 0 Å². The molecule has 0 spiro atoms. The molecule has 0 aliphatic carbocycles. The summed E-state index contributed by atoms with van der Waals surface area (Å²) in [5, 5.41) is 10.7. The third-order valence-corrected chi connectivity index (χ3v) is 1.76. The Balaban J connectivity index is 0.00000169. The first-order valence-electron chi connectivity index (χ1n) is 3.37. The van der Waals surface area contributed by atoms with Crippen LogP contribution >= 0.6 is 23.2 Å². The second-order valence-corrected chi connectivity index (χ2v) is 3.04. The average molecular weight is 259 g/mol. The number of carboxylic acids is 1. The van der Waals surface area contributed by atoms with E-state index in [-0.39, 0.29) is 51.4 Å². The summed E-state index contributed by atoms with van der Waals surface area (Å²) in [6.07, 6.45) is 0. The maximum absolute atomic E-state index is 10.2. The molecule has 0 heterocycles. The number of carbonyl (C=O) groups is 1. The van der Waals surface area contributed by atoms with E-state index < -0.39 is 11.5 Å². The molecule has 0 aromatic heterocycles. The van der Waals surface area contributed by atoms with Gasteiger partial charge in [-0.15, -0.1) is 0 Å². The number of benzene rings is 1. The molecule has 1 unspecified atom stereocenters. The van der Waals surface area contributed by atoms with Gasteiger partial charge in [-0.3, -0.25) is 0 Å². The normalized spacial score (nSPS) is 11.3. The van der Waals surface area contributed by atoms with Gasteiger partial charge in [0, 0.05) is 5.02 Å². The first kappa shape index (κ1) is 14.7. The molecule has 0 saturated heterocycles. The predicted molar refractivity (Wildman–Crippen MR) is 46.7 cm³/mol. The number of hydrogen-bond acceptors (Lipinski definition) is 3. The minimum absolute atomic E-state index is 0. The zero-order valence-corrected chi connectivity index (χ0v) is 12.0. The quantitative estimate of drug-likeness (QED) is 0.468. The molecule has 14 heavy (non-hydrogen) atoms. The van der Waals surface area contributed by atoms with Crippen LogP contribution in [0.3, 0.4) is 0 Å². The summed E-state index contributed by atoms with van der Waals surface area (Å²) in [4.78, 5) is 10.2. The van der Waals surface area contributed by atoms with Gasteiger partial charge in [-0.2, -0.15) is 0 Å². The summed E-state index contributed by atoms with van der Waals surface area (Å²) in [5.41, 5.74) is -1.49. The summed E-state index contributed by atoms with van der Waals surface area (Å²) in [6, 6.07) is 6.16. The Hall–Kier alpha value is 0.706. The van der Waals surface area contributed by atoms with E-state index in [9.17, 15) is 9.90 Å². The minimum atomic E-state index is -1.49. The zero-order valence-electron chi connectivity index (χ0n) is 7.37. The monoisotopic (exact) mass is 258 g/mol. The molecule has 0 aliphatic heterocycles. The molecule has 70 valence electrons. The Morgan fingerprint density at radius 3 is 2.29 bits per heavy atom. The Kier molecular flexibility index (Phi) is 7.41. The largest absolute Gasteiger partial charge is 1.00 e. The second-order valence-electron chi connectivity index (χ2n) is 2.21. The van der Waals surface area contributed by atoms with Crippen LogP contribution in [0.15, 0.2) is 24.3 Å². The maximum Gasteiger partial charge on any atom is 1.00 e. The van der Waals surface area contributed by atoms with Gasteiger partial charge < -0.3 is 14.6 Å². The Morgan fingerprint density at radius 2 is 1.86 bits per heavy atom. The van der Waals surface area contributed by atoms with Crippen LogP contribution in [0.25, 0.3) is 0 Å². The molecule has 6 heteroatoms. The Bertz CT molecular complexity index is 302. The summed E-state index contributed by atoms with van der Waals surface area (Å²) in [6.45, 7) is 0. The van der Waals surface area contributed by atoms with Crippen LogP contribution in [0.5, 0.6) is 5.75 Å². The molecule has 1 rings (SSSR count). The number of alkyl halides is 1. The van der Waals surface area contributed by atoms with E-state index in [2.05, 4.69) is 0 Å². The van der Waals surface area contributed by atoms with Crippen molar-refractivity contribution in [3.8, 4) is 5.75 Å². The Morgan fingerprint density at radius 1 is 1.36 bits per heavy atom.